The van der Waals surface area contributed by atoms with Gasteiger partial charge in [0.25, 0.3) is 5.95 Å². The maximum atomic E-state index is 8.02. The van der Waals surface area contributed by atoms with Crippen LogP contribution in [0, 0.1) is 10.8 Å². The van der Waals surface area contributed by atoms with Gasteiger partial charge in [-0.1, -0.05) is 0 Å². The van der Waals surface area contributed by atoms with Crippen LogP contribution in [-0.4, -0.2) is 77.9 Å². The summed E-state index contributed by atoms with van der Waals surface area (Å²) in [6, 6.07) is 0. The van der Waals surface area contributed by atoms with E-state index in [1.54, 1.807) is 6.92 Å². The minimum atomic E-state index is 0.129. The predicted molar refractivity (Wildman–Crippen MR) is 122 cm³/mol. The van der Waals surface area contributed by atoms with Crippen molar-refractivity contribution in [1.82, 2.24) is 40.5 Å². The summed E-state index contributed by atoms with van der Waals surface area (Å²) in [4.78, 5) is 12.8. The van der Waals surface area contributed by atoms with Crippen LogP contribution in [0.5, 0.6) is 0 Å². The fraction of sp³-hybridized carbons (Fsp3) is 0.556. The number of aromatic nitrogens is 7. The second-order valence-electron chi connectivity index (χ2n) is 7.29. The Morgan fingerprint density at radius 3 is 2.56 bits per heavy atom. The van der Waals surface area contributed by atoms with E-state index in [9.17, 15) is 0 Å². The van der Waals surface area contributed by atoms with Crippen molar-refractivity contribution in [2.24, 2.45) is 9.98 Å². The number of rotatable bonds is 12. The number of nitrogens with two attached hydrogens (primary N) is 1. The number of nitrogens with one attached hydrogen (secondary N) is 4. The van der Waals surface area contributed by atoms with Gasteiger partial charge in [-0.15, -0.1) is 25.5 Å². The summed E-state index contributed by atoms with van der Waals surface area (Å²) >= 11 is 0. The topological polar surface area (TPSA) is 205 Å². The Hall–Kier alpha value is -3.84. The third-order valence-electron chi connectivity index (χ3n) is 4.44. The lowest BCUT2D eigenvalue weighted by Gasteiger charge is -2.05. The molecule has 0 aliphatic carbocycles. The van der Waals surface area contributed by atoms with E-state index >= 15 is 0 Å². The maximum Gasteiger partial charge on any atom is 0.292 e. The van der Waals surface area contributed by atoms with E-state index in [4.69, 9.17) is 16.6 Å². The molecular formula is C18H28N14. The number of aliphatic imine (C=N–C) groups is 2. The lowest BCUT2D eigenvalue weighted by atomic mass is 10.1. The number of guanidine groups is 1. The van der Waals surface area contributed by atoms with Crippen molar-refractivity contribution in [2.75, 3.05) is 30.7 Å². The Kier molecular flexibility index (Phi) is 7.83. The highest BCUT2D eigenvalue weighted by Crippen LogP contribution is 2.09. The Morgan fingerprint density at radius 1 is 1.09 bits per heavy atom. The van der Waals surface area contributed by atoms with Crippen LogP contribution in [0.25, 0.3) is 5.95 Å². The minimum Gasteiger partial charge on any atom is -0.368 e. The van der Waals surface area contributed by atoms with Gasteiger partial charge >= 0.3 is 0 Å². The molecule has 32 heavy (non-hydrogen) atoms. The SMILES string of the molecule is CCNc1nc(N)n(-c2nnc(CC3=NC(NCC(=N)CCCCC(C)=N)=NC3)nn2)n1. The van der Waals surface area contributed by atoms with Crippen molar-refractivity contribution in [2.45, 2.75) is 46.0 Å². The normalized spacial score (nSPS) is 12.9. The van der Waals surface area contributed by atoms with Crippen molar-refractivity contribution in [3.8, 4) is 5.95 Å². The van der Waals surface area contributed by atoms with Gasteiger partial charge < -0.3 is 27.2 Å². The molecular weight excluding hydrogens is 412 g/mol. The molecule has 14 heteroatoms. The zero-order valence-electron chi connectivity index (χ0n) is 18.3. The van der Waals surface area contributed by atoms with Gasteiger partial charge in [0.1, 0.15) is 0 Å². The third-order valence-corrected chi connectivity index (χ3v) is 4.44. The highest BCUT2D eigenvalue weighted by molar-refractivity contribution is 6.04. The average Bonchev–Trinajstić information content (AvgIpc) is 3.36. The van der Waals surface area contributed by atoms with E-state index in [1.807, 2.05) is 6.92 Å². The molecule has 0 saturated carbocycles. The van der Waals surface area contributed by atoms with Crippen LogP contribution < -0.4 is 16.4 Å². The Bertz CT molecular complexity index is 1000. The van der Waals surface area contributed by atoms with Crippen molar-refractivity contribution in [1.29, 1.82) is 10.8 Å². The first-order valence-electron chi connectivity index (χ1n) is 10.4. The van der Waals surface area contributed by atoms with E-state index in [0.717, 1.165) is 25.0 Å². The Labute approximate surface area is 185 Å². The molecule has 3 rings (SSSR count). The first kappa shape index (κ1) is 22.8. The van der Waals surface area contributed by atoms with Crippen molar-refractivity contribution < 1.29 is 0 Å². The molecule has 14 nitrogen and oxygen atoms in total. The van der Waals surface area contributed by atoms with Crippen LogP contribution >= 0.6 is 0 Å². The molecule has 0 fully saturated rings. The largest absolute Gasteiger partial charge is 0.368 e. The molecule has 0 spiro atoms. The Balaban J connectivity index is 1.46. The van der Waals surface area contributed by atoms with E-state index < -0.39 is 0 Å². The van der Waals surface area contributed by atoms with Gasteiger partial charge in [0, 0.05) is 18.0 Å². The molecule has 0 unspecified atom stereocenters. The molecule has 0 atom stereocenters. The van der Waals surface area contributed by atoms with Crippen LogP contribution in [0.2, 0.25) is 0 Å². The average molecular weight is 441 g/mol. The number of hydrogen-bond donors (Lipinski definition) is 5. The first-order valence-corrected chi connectivity index (χ1v) is 10.4. The van der Waals surface area contributed by atoms with Gasteiger partial charge in [-0.05, 0) is 39.5 Å². The van der Waals surface area contributed by atoms with Gasteiger partial charge in [0.15, 0.2) is 5.82 Å². The molecule has 1 aliphatic heterocycles. The van der Waals surface area contributed by atoms with Crippen LogP contribution in [-0.2, 0) is 6.42 Å². The molecule has 0 bridgehead atoms. The molecule has 2 aromatic rings. The standard InChI is InChI=1S/C18H28N14/c1-3-22-17-26-15(21)32(31-17)18-29-27-14(28-30-18)8-13-10-24-16(25-13)23-9-12(20)7-5-4-6-11(2)19/h19-20H,3-10H2,1-2H3,(H,23,24)(H3,21,22,26,31). The number of nitrogens with zero attached hydrogens (tertiary/aromatic N) is 9. The Morgan fingerprint density at radius 2 is 1.84 bits per heavy atom. The summed E-state index contributed by atoms with van der Waals surface area (Å²) in [5.41, 5.74) is 7.89. The molecule has 0 radical (unpaired) electrons. The molecule has 0 aromatic carbocycles. The predicted octanol–water partition coefficient (Wildman–Crippen LogP) is 0.424. The van der Waals surface area contributed by atoms with Crippen LogP contribution in [0.3, 0.4) is 0 Å². The van der Waals surface area contributed by atoms with Gasteiger partial charge in [-0.25, -0.2) is 9.98 Å². The molecule has 0 saturated heterocycles. The van der Waals surface area contributed by atoms with Crippen molar-refractivity contribution >= 4 is 35.0 Å². The van der Waals surface area contributed by atoms with Gasteiger partial charge in [0.05, 0.1) is 25.2 Å². The highest BCUT2D eigenvalue weighted by Gasteiger charge is 2.15. The zero-order chi connectivity index (χ0) is 22.9. The summed E-state index contributed by atoms with van der Waals surface area (Å²) < 4.78 is 1.27. The molecule has 2 aromatic heterocycles. The summed E-state index contributed by atoms with van der Waals surface area (Å²) in [5.74, 6) is 1.55. The van der Waals surface area contributed by atoms with E-state index in [1.165, 1.54) is 4.68 Å². The highest BCUT2D eigenvalue weighted by atomic mass is 15.5. The monoisotopic (exact) mass is 440 g/mol. The molecule has 1 aliphatic rings. The van der Waals surface area contributed by atoms with E-state index in [2.05, 4.69) is 51.1 Å². The van der Waals surface area contributed by atoms with E-state index in [0.29, 0.717) is 61.6 Å². The van der Waals surface area contributed by atoms with Gasteiger partial charge in [-0.2, -0.15) is 9.67 Å². The van der Waals surface area contributed by atoms with Crippen LogP contribution in [0.4, 0.5) is 11.9 Å². The van der Waals surface area contributed by atoms with Crippen LogP contribution in [0.15, 0.2) is 9.98 Å². The van der Waals surface area contributed by atoms with Crippen molar-refractivity contribution in [3.05, 3.63) is 5.82 Å². The molecule has 170 valence electrons. The van der Waals surface area contributed by atoms with Gasteiger partial charge in [-0.3, -0.25) is 0 Å². The molecule has 6 N–H and O–H groups in total. The number of nitrogen functional groups attached to an aromatic ring is 1. The number of anilines is 2. The first-order chi connectivity index (χ1) is 15.4. The summed E-state index contributed by atoms with van der Waals surface area (Å²) in [7, 11) is 0. The fourth-order valence-electron chi connectivity index (χ4n) is 2.87. The number of unbranched alkanes of at least 4 members (excludes halogenated alkanes) is 1. The van der Waals surface area contributed by atoms with Crippen molar-refractivity contribution in [3.63, 3.8) is 0 Å². The second kappa shape index (κ2) is 11.0. The second-order valence-corrected chi connectivity index (χ2v) is 7.29. The fourth-order valence-corrected chi connectivity index (χ4v) is 2.87. The molecule has 3 heterocycles. The number of hydrogen-bond acceptors (Lipinski definition) is 13. The minimum absolute atomic E-state index is 0.129. The zero-order valence-corrected chi connectivity index (χ0v) is 18.3. The van der Waals surface area contributed by atoms with E-state index in [-0.39, 0.29) is 11.9 Å². The summed E-state index contributed by atoms with van der Waals surface area (Å²) in [5, 5.41) is 41.9. The van der Waals surface area contributed by atoms with Gasteiger partial charge in [0.2, 0.25) is 17.9 Å². The lowest BCUT2D eigenvalue weighted by molar-refractivity contribution is 0.707. The molecule has 0 amide bonds. The lowest BCUT2D eigenvalue weighted by Crippen LogP contribution is -2.27. The smallest absolute Gasteiger partial charge is 0.292 e. The third kappa shape index (κ3) is 6.58. The quantitative estimate of drug-likeness (QED) is 0.229. The summed E-state index contributed by atoms with van der Waals surface area (Å²) in [6.07, 6.45) is 3.69. The summed E-state index contributed by atoms with van der Waals surface area (Å²) in [6.45, 7) is 5.23. The maximum absolute atomic E-state index is 8.02. The van der Waals surface area contributed by atoms with Crippen LogP contribution in [0.1, 0.15) is 45.4 Å².